The van der Waals surface area contributed by atoms with Crippen LogP contribution < -0.4 is 0 Å². The van der Waals surface area contributed by atoms with Gasteiger partial charge < -0.3 is 0 Å². The Morgan fingerprint density at radius 2 is 1.11 bits per heavy atom. The highest BCUT2D eigenvalue weighted by molar-refractivity contribution is 6.75. The van der Waals surface area contributed by atoms with Crippen LogP contribution in [0.3, 0.4) is 0 Å². The lowest BCUT2D eigenvalue weighted by Crippen LogP contribution is -2.23. The molecule has 0 aliphatic heterocycles. The van der Waals surface area contributed by atoms with Crippen molar-refractivity contribution < 1.29 is 0 Å². The van der Waals surface area contributed by atoms with Crippen molar-refractivity contribution in [3.63, 3.8) is 0 Å². The van der Waals surface area contributed by atoms with Crippen LogP contribution in [-0.2, 0) is 12.5 Å². The summed E-state index contributed by atoms with van der Waals surface area (Å²) in [6, 6.07) is 19.3. The minimum atomic E-state index is -0.996. The van der Waals surface area contributed by atoms with Crippen molar-refractivity contribution in [3.8, 4) is 0 Å². The SMILES string of the molecule is Cc1ccc(Cc2ccc(C[Si](C)(C)C)cc2)cc1. The molecule has 0 unspecified atom stereocenters. The molecule has 2 rings (SSSR count). The molecule has 19 heavy (non-hydrogen) atoms. The molecule has 0 aliphatic carbocycles. The molecule has 0 N–H and O–H groups in total. The van der Waals surface area contributed by atoms with Crippen molar-refractivity contribution in [3.05, 3.63) is 70.8 Å². The Bertz CT molecular complexity index is 515. The van der Waals surface area contributed by atoms with Gasteiger partial charge in [-0.15, -0.1) is 0 Å². The van der Waals surface area contributed by atoms with E-state index >= 15 is 0 Å². The molecule has 0 saturated heterocycles. The topological polar surface area (TPSA) is 0 Å². The quantitative estimate of drug-likeness (QED) is 0.684. The van der Waals surface area contributed by atoms with Gasteiger partial charge in [-0.05, 0) is 30.5 Å². The first-order chi connectivity index (χ1) is 8.92. The second-order valence-corrected chi connectivity index (χ2v) is 12.2. The minimum absolute atomic E-state index is 0.996. The normalized spacial score (nSPS) is 11.6. The molecule has 0 heterocycles. The first-order valence-corrected chi connectivity index (χ1v) is 10.8. The third-order valence-corrected chi connectivity index (χ3v) is 4.76. The zero-order valence-corrected chi connectivity index (χ0v) is 13.5. The summed E-state index contributed by atoms with van der Waals surface area (Å²) in [5.74, 6) is 0. The maximum Gasteiger partial charge on any atom is 0.0487 e. The van der Waals surface area contributed by atoms with Crippen molar-refractivity contribution in [2.75, 3.05) is 0 Å². The average molecular weight is 268 g/mol. The lowest BCUT2D eigenvalue weighted by molar-refractivity contribution is 1.17. The van der Waals surface area contributed by atoms with Gasteiger partial charge in [0.2, 0.25) is 0 Å². The number of rotatable bonds is 4. The summed E-state index contributed by atoms with van der Waals surface area (Å²) < 4.78 is 0. The molecule has 0 atom stereocenters. The molecule has 100 valence electrons. The fourth-order valence-corrected chi connectivity index (χ4v) is 3.79. The predicted molar refractivity (Wildman–Crippen MR) is 87.5 cm³/mol. The Morgan fingerprint density at radius 1 is 0.684 bits per heavy atom. The highest BCUT2D eigenvalue weighted by atomic mass is 28.3. The Morgan fingerprint density at radius 3 is 1.58 bits per heavy atom. The maximum absolute atomic E-state index is 2.42. The minimum Gasteiger partial charge on any atom is -0.0693 e. The Labute approximate surface area is 118 Å². The summed E-state index contributed by atoms with van der Waals surface area (Å²) in [4.78, 5) is 0. The second-order valence-electron chi connectivity index (χ2n) is 6.72. The zero-order valence-electron chi connectivity index (χ0n) is 12.5. The van der Waals surface area contributed by atoms with Crippen LogP contribution in [0.15, 0.2) is 48.5 Å². The molecule has 0 aromatic heterocycles. The molecular formula is C18H24Si. The van der Waals surface area contributed by atoms with E-state index in [0.717, 1.165) is 6.42 Å². The van der Waals surface area contributed by atoms with Crippen molar-refractivity contribution in [2.45, 2.75) is 39.0 Å². The van der Waals surface area contributed by atoms with Gasteiger partial charge in [0.05, 0.1) is 0 Å². The fraction of sp³-hybridized carbons (Fsp3) is 0.333. The third-order valence-electron chi connectivity index (χ3n) is 3.29. The van der Waals surface area contributed by atoms with Crippen LogP contribution in [0, 0.1) is 6.92 Å². The van der Waals surface area contributed by atoms with E-state index in [9.17, 15) is 0 Å². The smallest absolute Gasteiger partial charge is 0.0487 e. The predicted octanol–water partition coefficient (Wildman–Crippen LogP) is 5.01. The first-order valence-electron chi connectivity index (χ1n) is 7.06. The van der Waals surface area contributed by atoms with Crippen LogP contribution in [0.5, 0.6) is 0 Å². The molecule has 0 fully saturated rings. The van der Waals surface area contributed by atoms with Crippen molar-refractivity contribution >= 4 is 8.07 Å². The van der Waals surface area contributed by atoms with Crippen LogP contribution in [-0.4, -0.2) is 8.07 Å². The average Bonchev–Trinajstić information content (AvgIpc) is 2.33. The molecule has 0 saturated carbocycles. The molecule has 2 aromatic carbocycles. The zero-order chi connectivity index (χ0) is 13.9. The van der Waals surface area contributed by atoms with Crippen molar-refractivity contribution in [1.29, 1.82) is 0 Å². The Balaban J connectivity index is 2.04. The molecule has 0 radical (unpaired) electrons. The largest absolute Gasteiger partial charge is 0.0693 e. The third kappa shape index (κ3) is 4.68. The van der Waals surface area contributed by atoms with E-state index in [4.69, 9.17) is 0 Å². The van der Waals surface area contributed by atoms with E-state index in [0.29, 0.717) is 0 Å². The van der Waals surface area contributed by atoms with Gasteiger partial charge in [-0.1, -0.05) is 79.3 Å². The summed E-state index contributed by atoms with van der Waals surface area (Å²) in [6.07, 6.45) is 1.04. The summed E-state index contributed by atoms with van der Waals surface area (Å²) in [6.45, 7) is 9.41. The van der Waals surface area contributed by atoms with E-state index in [2.05, 4.69) is 75.1 Å². The van der Waals surface area contributed by atoms with E-state index < -0.39 is 8.07 Å². The fourth-order valence-electron chi connectivity index (χ4n) is 2.33. The van der Waals surface area contributed by atoms with Crippen LogP contribution in [0.4, 0.5) is 0 Å². The Hall–Kier alpha value is -1.34. The van der Waals surface area contributed by atoms with Gasteiger partial charge in [0.25, 0.3) is 0 Å². The van der Waals surface area contributed by atoms with Gasteiger partial charge in [-0.2, -0.15) is 0 Å². The molecular weight excluding hydrogens is 244 g/mol. The van der Waals surface area contributed by atoms with Crippen molar-refractivity contribution in [2.24, 2.45) is 0 Å². The van der Waals surface area contributed by atoms with Crippen LogP contribution in [0.2, 0.25) is 19.6 Å². The van der Waals surface area contributed by atoms with E-state index in [1.165, 1.54) is 28.3 Å². The maximum atomic E-state index is 2.42. The van der Waals surface area contributed by atoms with E-state index in [-0.39, 0.29) is 0 Å². The summed E-state index contributed by atoms with van der Waals surface area (Å²) >= 11 is 0. The van der Waals surface area contributed by atoms with Gasteiger partial charge in [0.15, 0.2) is 0 Å². The Kier molecular flexibility index (Phi) is 4.26. The molecule has 0 spiro atoms. The van der Waals surface area contributed by atoms with Gasteiger partial charge in [-0.25, -0.2) is 0 Å². The number of hydrogen-bond donors (Lipinski definition) is 0. The second kappa shape index (κ2) is 5.75. The van der Waals surface area contributed by atoms with Crippen LogP contribution >= 0.6 is 0 Å². The lowest BCUT2D eigenvalue weighted by Gasteiger charge is -2.15. The number of benzene rings is 2. The van der Waals surface area contributed by atoms with Gasteiger partial charge in [0.1, 0.15) is 0 Å². The molecule has 1 heteroatoms. The van der Waals surface area contributed by atoms with Crippen LogP contribution in [0.1, 0.15) is 22.3 Å². The standard InChI is InChI=1S/C18H24Si/c1-15-5-7-16(8-6-15)13-17-9-11-18(12-10-17)14-19(2,3)4/h5-12H,13-14H2,1-4H3. The molecule has 0 aliphatic rings. The van der Waals surface area contributed by atoms with E-state index in [1.54, 1.807) is 0 Å². The van der Waals surface area contributed by atoms with E-state index in [1.807, 2.05) is 0 Å². The van der Waals surface area contributed by atoms with Crippen molar-refractivity contribution in [1.82, 2.24) is 0 Å². The van der Waals surface area contributed by atoms with Gasteiger partial charge in [-0.3, -0.25) is 0 Å². The number of hydrogen-bond acceptors (Lipinski definition) is 0. The van der Waals surface area contributed by atoms with Gasteiger partial charge in [0, 0.05) is 8.07 Å². The van der Waals surface area contributed by atoms with Crippen LogP contribution in [0.25, 0.3) is 0 Å². The summed E-state index contributed by atoms with van der Waals surface area (Å²) in [7, 11) is -0.996. The number of aryl methyl sites for hydroxylation is 1. The summed E-state index contributed by atoms with van der Waals surface area (Å²) in [5.41, 5.74) is 5.62. The highest BCUT2D eigenvalue weighted by Crippen LogP contribution is 2.15. The monoisotopic (exact) mass is 268 g/mol. The van der Waals surface area contributed by atoms with Gasteiger partial charge >= 0.3 is 0 Å². The summed E-state index contributed by atoms with van der Waals surface area (Å²) in [5, 5.41) is 0. The molecule has 2 aromatic rings. The lowest BCUT2D eigenvalue weighted by atomic mass is 10.0. The molecule has 0 bridgehead atoms. The molecule has 0 nitrogen and oxygen atoms in total. The highest BCUT2D eigenvalue weighted by Gasteiger charge is 2.13. The molecule has 0 amide bonds. The first kappa shape index (κ1) is 14.1.